The van der Waals surface area contributed by atoms with E-state index in [1.165, 1.54) is 11.1 Å². The molecule has 0 saturated heterocycles. The van der Waals surface area contributed by atoms with E-state index in [4.69, 9.17) is 9.47 Å². The van der Waals surface area contributed by atoms with Gasteiger partial charge in [-0.15, -0.1) is 10.2 Å². The van der Waals surface area contributed by atoms with Crippen molar-refractivity contribution in [2.75, 3.05) is 18.5 Å². The van der Waals surface area contributed by atoms with Crippen LogP contribution in [0.3, 0.4) is 0 Å². The van der Waals surface area contributed by atoms with Crippen molar-refractivity contribution in [3.63, 3.8) is 0 Å². The predicted molar refractivity (Wildman–Crippen MR) is 83.5 cm³/mol. The number of anilines is 1. The fourth-order valence-electron chi connectivity index (χ4n) is 2.22. The average Bonchev–Trinajstić information content (AvgIpc) is 2.82. The van der Waals surface area contributed by atoms with Gasteiger partial charge in [0.1, 0.15) is 0 Å². The summed E-state index contributed by atoms with van der Waals surface area (Å²) in [5.41, 5.74) is 2.41. The average molecular weight is 305 g/mol. The molecule has 0 fully saturated rings. The topological polar surface area (TPSA) is 56.3 Å². The number of nitrogens with one attached hydrogen (secondary N) is 1. The van der Waals surface area contributed by atoms with Gasteiger partial charge in [-0.1, -0.05) is 11.3 Å². The third-order valence-electron chi connectivity index (χ3n) is 3.51. The lowest BCUT2D eigenvalue weighted by molar-refractivity contribution is 0.193. The second-order valence-electron chi connectivity index (χ2n) is 5.10. The van der Waals surface area contributed by atoms with E-state index in [2.05, 4.69) is 29.4 Å². The van der Waals surface area contributed by atoms with Gasteiger partial charge in [-0.05, 0) is 44.0 Å². The number of rotatable bonds is 3. The number of aromatic nitrogens is 2. The molecular formula is C15H19N3O2S. The van der Waals surface area contributed by atoms with Gasteiger partial charge in [0.15, 0.2) is 22.6 Å². The second-order valence-corrected chi connectivity index (χ2v) is 6.11. The van der Waals surface area contributed by atoms with Gasteiger partial charge in [0, 0.05) is 13.0 Å². The lowest BCUT2D eigenvalue weighted by Crippen LogP contribution is -2.08. The molecule has 1 aliphatic rings. The molecule has 0 saturated carbocycles. The Morgan fingerprint density at radius 3 is 2.76 bits per heavy atom. The van der Waals surface area contributed by atoms with E-state index < -0.39 is 0 Å². The molecule has 2 heterocycles. The van der Waals surface area contributed by atoms with Crippen LogP contribution in [0.15, 0.2) is 12.1 Å². The highest BCUT2D eigenvalue weighted by atomic mass is 32.1. The number of benzene rings is 1. The van der Waals surface area contributed by atoms with E-state index in [9.17, 15) is 0 Å². The quantitative estimate of drug-likeness (QED) is 0.940. The lowest BCUT2D eigenvalue weighted by Gasteiger charge is -2.14. The molecule has 0 spiro atoms. The Morgan fingerprint density at radius 2 is 2.00 bits per heavy atom. The van der Waals surface area contributed by atoms with Gasteiger partial charge in [-0.3, -0.25) is 0 Å². The molecule has 1 aromatic carbocycles. The molecule has 5 nitrogen and oxygen atoms in total. The molecule has 1 aromatic heterocycles. The Balaban J connectivity index is 1.86. The Labute approximate surface area is 128 Å². The van der Waals surface area contributed by atoms with Crippen LogP contribution in [0.1, 0.15) is 35.6 Å². The van der Waals surface area contributed by atoms with Crippen LogP contribution in [-0.4, -0.2) is 23.3 Å². The van der Waals surface area contributed by atoms with E-state index in [-0.39, 0.29) is 6.10 Å². The van der Waals surface area contributed by atoms with E-state index in [0.29, 0.717) is 6.61 Å². The molecule has 1 aliphatic heterocycles. The Kier molecular flexibility index (Phi) is 3.96. The monoisotopic (exact) mass is 305 g/mol. The first kappa shape index (κ1) is 14.1. The van der Waals surface area contributed by atoms with Crippen molar-refractivity contribution in [1.29, 1.82) is 0 Å². The van der Waals surface area contributed by atoms with Gasteiger partial charge in [0.25, 0.3) is 0 Å². The van der Waals surface area contributed by atoms with Crippen LogP contribution in [0, 0.1) is 13.8 Å². The molecule has 3 rings (SSSR count). The van der Waals surface area contributed by atoms with Crippen LogP contribution in [-0.2, 0) is 0 Å². The van der Waals surface area contributed by atoms with Crippen LogP contribution in [0.5, 0.6) is 11.5 Å². The SMILES string of the molecule is CCNc1nnc(C2CCOc3cc(C)c(C)cc3O2)s1. The summed E-state index contributed by atoms with van der Waals surface area (Å²) in [6.45, 7) is 7.65. The van der Waals surface area contributed by atoms with Crippen molar-refractivity contribution in [3.8, 4) is 11.5 Å². The molecule has 2 aromatic rings. The Hall–Kier alpha value is -1.82. The molecule has 0 bridgehead atoms. The maximum Gasteiger partial charge on any atom is 0.205 e. The van der Waals surface area contributed by atoms with Crippen LogP contribution in [0.4, 0.5) is 5.13 Å². The van der Waals surface area contributed by atoms with Crippen LogP contribution in [0.25, 0.3) is 0 Å². The molecule has 1 unspecified atom stereocenters. The summed E-state index contributed by atoms with van der Waals surface area (Å²) < 4.78 is 11.9. The van der Waals surface area contributed by atoms with Gasteiger partial charge >= 0.3 is 0 Å². The molecule has 0 radical (unpaired) electrons. The highest BCUT2D eigenvalue weighted by Crippen LogP contribution is 2.38. The first-order valence-corrected chi connectivity index (χ1v) is 7.97. The number of hydrogen-bond acceptors (Lipinski definition) is 6. The third kappa shape index (κ3) is 2.95. The van der Waals surface area contributed by atoms with Gasteiger partial charge in [-0.2, -0.15) is 0 Å². The van der Waals surface area contributed by atoms with Gasteiger partial charge < -0.3 is 14.8 Å². The normalized spacial score (nSPS) is 17.4. The van der Waals surface area contributed by atoms with Gasteiger partial charge in [0.2, 0.25) is 5.13 Å². The number of fused-ring (bicyclic) bond motifs is 1. The van der Waals surface area contributed by atoms with Crippen LogP contribution < -0.4 is 14.8 Å². The van der Waals surface area contributed by atoms with E-state index >= 15 is 0 Å². The summed E-state index contributed by atoms with van der Waals surface area (Å²) in [5.74, 6) is 1.61. The highest BCUT2D eigenvalue weighted by molar-refractivity contribution is 7.15. The maximum absolute atomic E-state index is 6.13. The summed E-state index contributed by atoms with van der Waals surface area (Å²) in [6, 6.07) is 4.08. The van der Waals surface area contributed by atoms with Gasteiger partial charge in [0.05, 0.1) is 6.61 Å². The van der Waals surface area contributed by atoms with E-state index in [1.54, 1.807) is 11.3 Å². The minimum absolute atomic E-state index is 0.0988. The molecule has 0 amide bonds. The standard InChI is InChI=1S/C15H19N3O2S/c1-4-16-15-18-17-14(21-15)11-5-6-19-12-7-9(2)10(3)8-13(12)20-11/h7-8,11H,4-6H2,1-3H3,(H,16,18). The first-order chi connectivity index (χ1) is 10.2. The fraction of sp³-hybridized carbons (Fsp3) is 0.467. The smallest absolute Gasteiger partial charge is 0.205 e. The predicted octanol–water partition coefficient (Wildman–Crippen LogP) is 3.49. The summed E-state index contributed by atoms with van der Waals surface area (Å²) in [6.07, 6.45) is 0.673. The molecule has 0 aliphatic carbocycles. The summed E-state index contributed by atoms with van der Waals surface area (Å²) in [4.78, 5) is 0. The molecule has 21 heavy (non-hydrogen) atoms. The molecule has 1 N–H and O–H groups in total. The summed E-state index contributed by atoms with van der Waals surface area (Å²) in [7, 11) is 0. The van der Waals surface area contributed by atoms with Crippen molar-refractivity contribution < 1.29 is 9.47 Å². The number of ether oxygens (including phenoxy) is 2. The van der Waals surface area contributed by atoms with E-state index in [1.807, 2.05) is 19.1 Å². The first-order valence-electron chi connectivity index (χ1n) is 7.15. The summed E-state index contributed by atoms with van der Waals surface area (Å²) in [5, 5.41) is 13.3. The number of aryl methyl sites for hydroxylation is 2. The zero-order valence-corrected chi connectivity index (χ0v) is 13.3. The third-order valence-corrected chi connectivity index (χ3v) is 4.48. The Morgan fingerprint density at radius 1 is 1.24 bits per heavy atom. The summed E-state index contributed by atoms with van der Waals surface area (Å²) >= 11 is 1.54. The zero-order valence-electron chi connectivity index (χ0n) is 12.5. The highest BCUT2D eigenvalue weighted by Gasteiger charge is 2.24. The zero-order chi connectivity index (χ0) is 14.8. The van der Waals surface area contributed by atoms with Crippen molar-refractivity contribution in [3.05, 3.63) is 28.3 Å². The van der Waals surface area contributed by atoms with Crippen molar-refractivity contribution in [2.45, 2.75) is 33.3 Å². The largest absolute Gasteiger partial charge is 0.490 e. The molecule has 1 atom stereocenters. The van der Waals surface area contributed by atoms with E-state index in [0.717, 1.165) is 34.6 Å². The van der Waals surface area contributed by atoms with Crippen molar-refractivity contribution in [2.24, 2.45) is 0 Å². The molecule has 112 valence electrons. The van der Waals surface area contributed by atoms with Crippen LogP contribution in [0.2, 0.25) is 0 Å². The van der Waals surface area contributed by atoms with Crippen molar-refractivity contribution >= 4 is 16.5 Å². The van der Waals surface area contributed by atoms with Gasteiger partial charge in [-0.25, -0.2) is 0 Å². The number of hydrogen-bond donors (Lipinski definition) is 1. The van der Waals surface area contributed by atoms with Crippen LogP contribution >= 0.6 is 11.3 Å². The van der Waals surface area contributed by atoms with Crippen molar-refractivity contribution in [1.82, 2.24) is 10.2 Å². The maximum atomic E-state index is 6.13. The minimum Gasteiger partial charge on any atom is -0.490 e. The molecule has 6 heteroatoms. The number of nitrogens with zero attached hydrogens (tertiary/aromatic N) is 2. The fourth-order valence-corrected chi connectivity index (χ4v) is 3.09. The molecular weight excluding hydrogens is 286 g/mol. The Bertz CT molecular complexity index is 642. The minimum atomic E-state index is -0.0988. The lowest BCUT2D eigenvalue weighted by atomic mass is 10.1. The second kappa shape index (κ2) is 5.89.